The number of carbonyl (C=O) groups is 1. The third-order valence-corrected chi connectivity index (χ3v) is 3.23. The molecule has 0 unspecified atom stereocenters. The van der Waals surface area contributed by atoms with E-state index in [1.165, 1.54) is 37.8 Å². The van der Waals surface area contributed by atoms with Crippen LogP contribution in [0, 0.1) is 5.82 Å². The maximum Gasteiger partial charge on any atom is 0.150 e. The molecule has 0 amide bonds. The molecule has 92 valence electrons. The fraction of sp³-hybridized carbons (Fsp3) is 0.500. The summed E-state index contributed by atoms with van der Waals surface area (Å²) in [5, 5.41) is 3.27. The van der Waals surface area contributed by atoms with Gasteiger partial charge < -0.3 is 5.32 Å². The van der Waals surface area contributed by atoms with Crippen LogP contribution < -0.4 is 5.32 Å². The number of ketones is 1. The topological polar surface area (TPSA) is 29.1 Å². The lowest BCUT2D eigenvalue weighted by Crippen LogP contribution is -2.32. The summed E-state index contributed by atoms with van der Waals surface area (Å²) in [4.78, 5) is 11.7. The minimum atomic E-state index is -0.279. The molecule has 0 aliphatic heterocycles. The molecule has 2 rings (SSSR count). The van der Waals surface area contributed by atoms with Crippen LogP contribution in [0.25, 0.3) is 0 Å². The number of benzene rings is 1. The Bertz CT molecular complexity index is 386. The predicted octanol–water partition coefficient (Wildman–Crippen LogP) is 2.47. The molecule has 0 saturated heterocycles. The molecule has 1 aliphatic carbocycles. The minimum Gasteiger partial charge on any atom is -0.307 e. The summed E-state index contributed by atoms with van der Waals surface area (Å²) < 4.78 is 12.9. The van der Waals surface area contributed by atoms with Gasteiger partial charge in [-0.2, -0.15) is 0 Å². The maximum atomic E-state index is 12.9. The van der Waals surface area contributed by atoms with Crippen LogP contribution in [0.3, 0.4) is 0 Å². The van der Waals surface area contributed by atoms with E-state index in [9.17, 15) is 9.18 Å². The molecule has 0 atom stereocenters. The maximum absolute atomic E-state index is 12.9. The van der Waals surface area contributed by atoms with E-state index < -0.39 is 0 Å². The van der Waals surface area contributed by atoms with Crippen LogP contribution in [0.5, 0.6) is 0 Å². The number of hydrogen-bond acceptors (Lipinski definition) is 2. The van der Waals surface area contributed by atoms with Crippen molar-refractivity contribution in [1.29, 1.82) is 0 Å². The summed E-state index contributed by atoms with van der Waals surface area (Å²) in [6, 6.07) is 6.75. The van der Waals surface area contributed by atoms with E-state index in [4.69, 9.17) is 0 Å². The van der Waals surface area contributed by atoms with Crippen molar-refractivity contribution in [2.75, 3.05) is 6.54 Å². The normalized spacial score (nSPS) is 16.3. The van der Waals surface area contributed by atoms with Gasteiger partial charge in [0.1, 0.15) is 5.82 Å². The quantitative estimate of drug-likeness (QED) is 0.849. The van der Waals surface area contributed by atoms with E-state index in [0.717, 1.165) is 5.56 Å². The zero-order valence-corrected chi connectivity index (χ0v) is 9.92. The smallest absolute Gasteiger partial charge is 0.150 e. The van der Waals surface area contributed by atoms with Gasteiger partial charge in [-0.1, -0.05) is 25.0 Å². The number of hydrogen-bond donors (Lipinski definition) is 1. The Balaban J connectivity index is 1.76. The highest BCUT2D eigenvalue weighted by Gasteiger charge is 2.15. The molecule has 1 aliphatic rings. The Labute approximate surface area is 101 Å². The van der Waals surface area contributed by atoms with E-state index in [1.54, 1.807) is 12.1 Å². The average Bonchev–Trinajstić information content (AvgIpc) is 2.79. The predicted molar refractivity (Wildman–Crippen MR) is 65.4 cm³/mol. The number of nitrogens with one attached hydrogen (secondary N) is 1. The van der Waals surface area contributed by atoms with Gasteiger partial charge in [0, 0.05) is 12.5 Å². The van der Waals surface area contributed by atoms with Crippen LogP contribution in [0.2, 0.25) is 0 Å². The highest BCUT2D eigenvalue weighted by atomic mass is 19.1. The number of carbonyl (C=O) groups excluding carboxylic acids is 1. The molecular formula is C14H18FNO. The van der Waals surface area contributed by atoms with Crippen molar-refractivity contribution in [3.05, 3.63) is 35.6 Å². The first-order chi connectivity index (χ1) is 8.24. The molecular weight excluding hydrogens is 217 g/mol. The van der Waals surface area contributed by atoms with Gasteiger partial charge in [-0.15, -0.1) is 0 Å². The van der Waals surface area contributed by atoms with Crippen molar-refractivity contribution in [2.24, 2.45) is 0 Å². The largest absolute Gasteiger partial charge is 0.307 e. The van der Waals surface area contributed by atoms with Crippen LogP contribution in [0.4, 0.5) is 4.39 Å². The van der Waals surface area contributed by atoms with Gasteiger partial charge in [0.25, 0.3) is 0 Å². The first-order valence-corrected chi connectivity index (χ1v) is 6.23. The van der Waals surface area contributed by atoms with Crippen LogP contribution in [-0.2, 0) is 11.2 Å². The lowest BCUT2D eigenvalue weighted by Gasteiger charge is -2.10. The monoisotopic (exact) mass is 235 g/mol. The molecule has 17 heavy (non-hydrogen) atoms. The molecule has 1 saturated carbocycles. The molecule has 2 nitrogen and oxygen atoms in total. The van der Waals surface area contributed by atoms with E-state index >= 15 is 0 Å². The molecule has 3 heteroatoms. The summed E-state index contributed by atoms with van der Waals surface area (Å²) in [6.45, 7) is 0.404. The van der Waals surface area contributed by atoms with Gasteiger partial charge in [0.15, 0.2) is 5.78 Å². The van der Waals surface area contributed by atoms with Gasteiger partial charge in [0.05, 0.1) is 6.54 Å². The fourth-order valence-corrected chi connectivity index (χ4v) is 2.33. The van der Waals surface area contributed by atoms with Crippen molar-refractivity contribution < 1.29 is 9.18 Å². The first-order valence-electron chi connectivity index (χ1n) is 6.23. The van der Waals surface area contributed by atoms with Gasteiger partial charge in [-0.25, -0.2) is 4.39 Å². The van der Waals surface area contributed by atoms with Gasteiger partial charge in [0.2, 0.25) is 0 Å². The van der Waals surface area contributed by atoms with Gasteiger partial charge >= 0.3 is 0 Å². The summed E-state index contributed by atoms with van der Waals surface area (Å²) in [5.41, 5.74) is 0.753. The second kappa shape index (κ2) is 5.92. The highest BCUT2D eigenvalue weighted by Crippen LogP contribution is 2.17. The molecule has 1 aromatic carbocycles. The Morgan fingerprint density at radius 1 is 1.35 bits per heavy atom. The first kappa shape index (κ1) is 12.2. The molecule has 0 radical (unpaired) electrons. The zero-order chi connectivity index (χ0) is 12.1. The van der Waals surface area contributed by atoms with Crippen molar-refractivity contribution in [3.63, 3.8) is 0 Å². The SMILES string of the molecule is O=C(CNC1CCCC1)Cc1cccc(F)c1. The van der Waals surface area contributed by atoms with Crippen LogP contribution in [0.1, 0.15) is 31.2 Å². The van der Waals surface area contributed by atoms with E-state index in [1.807, 2.05) is 0 Å². The summed E-state index contributed by atoms with van der Waals surface area (Å²) >= 11 is 0. The Kier molecular flexibility index (Phi) is 4.26. The zero-order valence-electron chi connectivity index (χ0n) is 9.92. The molecule has 0 heterocycles. The molecule has 0 spiro atoms. The molecule has 1 fully saturated rings. The molecule has 0 bridgehead atoms. The molecule has 1 aromatic rings. The summed E-state index contributed by atoms with van der Waals surface area (Å²) in [6.07, 6.45) is 5.18. The highest BCUT2D eigenvalue weighted by molar-refractivity contribution is 5.82. The molecule has 0 aromatic heterocycles. The third-order valence-electron chi connectivity index (χ3n) is 3.23. The number of halogens is 1. The Hall–Kier alpha value is -1.22. The summed E-state index contributed by atoms with van der Waals surface area (Å²) in [7, 11) is 0. The number of rotatable bonds is 5. The minimum absolute atomic E-state index is 0.127. The molecule has 1 N–H and O–H groups in total. The van der Waals surface area contributed by atoms with Crippen LogP contribution in [0.15, 0.2) is 24.3 Å². The fourth-order valence-electron chi connectivity index (χ4n) is 2.33. The number of Topliss-reactive ketones (excluding diaryl/α,β-unsaturated/α-hetero) is 1. The second-order valence-corrected chi connectivity index (χ2v) is 4.71. The van der Waals surface area contributed by atoms with E-state index in [2.05, 4.69) is 5.32 Å². The van der Waals surface area contributed by atoms with Gasteiger partial charge in [-0.05, 0) is 30.5 Å². The second-order valence-electron chi connectivity index (χ2n) is 4.71. The van der Waals surface area contributed by atoms with Crippen LogP contribution >= 0.6 is 0 Å². The summed E-state index contributed by atoms with van der Waals surface area (Å²) in [5.74, 6) is -0.151. The lowest BCUT2D eigenvalue weighted by molar-refractivity contribution is -0.117. The third kappa shape index (κ3) is 3.93. The standard InChI is InChI=1S/C14H18FNO/c15-12-5-3-4-11(8-12)9-14(17)10-16-13-6-1-2-7-13/h3-5,8,13,16H,1-2,6-7,9-10H2. The Morgan fingerprint density at radius 3 is 2.82 bits per heavy atom. The van der Waals surface area contributed by atoms with Crippen molar-refractivity contribution in [3.8, 4) is 0 Å². The van der Waals surface area contributed by atoms with E-state index in [0.29, 0.717) is 19.0 Å². The lowest BCUT2D eigenvalue weighted by atomic mass is 10.1. The average molecular weight is 235 g/mol. The van der Waals surface area contributed by atoms with E-state index in [-0.39, 0.29) is 11.6 Å². The van der Waals surface area contributed by atoms with Gasteiger partial charge in [-0.3, -0.25) is 4.79 Å². The van der Waals surface area contributed by atoms with Crippen LogP contribution in [-0.4, -0.2) is 18.4 Å². The Morgan fingerprint density at radius 2 is 2.12 bits per heavy atom. The van der Waals surface area contributed by atoms with Crippen molar-refractivity contribution in [1.82, 2.24) is 5.32 Å². The van der Waals surface area contributed by atoms with Crippen molar-refractivity contribution in [2.45, 2.75) is 38.1 Å². The van der Waals surface area contributed by atoms with Crippen molar-refractivity contribution >= 4 is 5.78 Å².